The van der Waals surface area contributed by atoms with Crippen LogP contribution in [-0.4, -0.2) is 55.3 Å². The average Bonchev–Trinajstić information content (AvgIpc) is 3.64. The lowest BCUT2D eigenvalue weighted by Gasteiger charge is -2.27. The number of ether oxygens (including phenoxy) is 1. The molecule has 2 amide bonds. The monoisotopic (exact) mass is 589 g/mol. The van der Waals surface area contributed by atoms with Crippen molar-refractivity contribution >= 4 is 33.4 Å². The molecule has 40 heavy (non-hydrogen) atoms. The predicted octanol–water partition coefficient (Wildman–Crippen LogP) is 3.27. The van der Waals surface area contributed by atoms with E-state index in [9.17, 15) is 22.4 Å². The van der Waals surface area contributed by atoms with Gasteiger partial charge in [-0.05, 0) is 62.4 Å². The molecular weight excluding hydrogens is 557 g/mol. The van der Waals surface area contributed by atoms with Crippen LogP contribution in [0.5, 0.6) is 5.75 Å². The zero-order chi connectivity index (χ0) is 28.9. The molecule has 1 aromatic carbocycles. The summed E-state index contributed by atoms with van der Waals surface area (Å²) in [6, 6.07) is 9.95. The number of thiazole rings is 1. The van der Waals surface area contributed by atoms with Crippen molar-refractivity contribution < 1.29 is 27.1 Å². The molecular formula is C27H32FN5O5S2. The van der Waals surface area contributed by atoms with Crippen LogP contribution in [-0.2, 0) is 33.4 Å². The number of benzene rings is 1. The number of nitrogens with zero attached hydrogens (tertiary/aromatic N) is 3. The van der Waals surface area contributed by atoms with Crippen molar-refractivity contribution in [3.05, 3.63) is 75.2 Å². The van der Waals surface area contributed by atoms with Crippen molar-refractivity contribution in [1.82, 2.24) is 24.3 Å². The van der Waals surface area contributed by atoms with Gasteiger partial charge in [0.1, 0.15) is 22.3 Å². The minimum absolute atomic E-state index is 0.00778. The van der Waals surface area contributed by atoms with E-state index in [4.69, 9.17) is 4.74 Å². The van der Waals surface area contributed by atoms with Crippen LogP contribution in [0.4, 0.5) is 4.39 Å². The lowest BCUT2D eigenvalue weighted by atomic mass is 9.99. The first-order chi connectivity index (χ1) is 19.1. The topological polar surface area (TPSA) is 131 Å². The zero-order valence-corrected chi connectivity index (χ0v) is 24.2. The Morgan fingerprint density at radius 3 is 2.62 bits per heavy atom. The SMILES string of the molecule is CCNS(=O)(=O)NC(=O)c1nc(CN(CCCc2cccc(F)c2)C(=O)C2(c3ccc(OC)cn3)CC2)sc1C. The minimum atomic E-state index is -4.00. The Balaban J connectivity index is 1.55. The number of aromatic nitrogens is 2. The largest absolute Gasteiger partial charge is 0.495 e. The molecule has 1 aliphatic rings. The second-order valence-electron chi connectivity index (χ2n) is 9.57. The highest BCUT2D eigenvalue weighted by Crippen LogP contribution is 2.49. The van der Waals surface area contributed by atoms with E-state index in [-0.39, 0.29) is 30.5 Å². The molecule has 0 bridgehead atoms. The van der Waals surface area contributed by atoms with Crippen LogP contribution in [0.25, 0.3) is 0 Å². The normalized spacial score (nSPS) is 14.0. The molecule has 0 unspecified atom stereocenters. The highest BCUT2D eigenvalue weighted by molar-refractivity contribution is 7.88. The molecule has 0 saturated heterocycles. The Morgan fingerprint density at radius 2 is 2.00 bits per heavy atom. The fourth-order valence-electron chi connectivity index (χ4n) is 4.50. The Hall–Kier alpha value is -3.42. The number of hydrogen-bond donors (Lipinski definition) is 2. The molecule has 0 aliphatic heterocycles. The summed E-state index contributed by atoms with van der Waals surface area (Å²) in [7, 11) is -2.45. The lowest BCUT2D eigenvalue weighted by Crippen LogP contribution is -2.40. The van der Waals surface area contributed by atoms with Crippen LogP contribution >= 0.6 is 11.3 Å². The molecule has 2 aromatic heterocycles. The van der Waals surface area contributed by atoms with E-state index >= 15 is 0 Å². The van der Waals surface area contributed by atoms with Crippen LogP contribution in [0.1, 0.15) is 57.8 Å². The number of methoxy groups -OCH3 is 1. The molecule has 2 heterocycles. The highest BCUT2D eigenvalue weighted by Gasteiger charge is 2.54. The van der Waals surface area contributed by atoms with Crippen LogP contribution in [0, 0.1) is 12.7 Å². The number of pyridine rings is 1. The van der Waals surface area contributed by atoms with Gasteiger partial charge >= 0.3 is 10.2 Å². The van der Waals surface area contributed by atoms with Gasteiger partial charge in [0.15, 0.2) is 0 Å². The highest BCUT2D eigenvalue weighted by atomic mass is 32.2. The third-order valence-electron chi connectivity index (χ3n) is 6.63. The van der Waals surface area contributed by atoms with Gasteiger partial charge in [0, 0.05) is 18.0 Å². The van der Waals surface area contributed by atoms with Gasteiger partial charge in [-0.2, -0.15) is 13.1 Å². The Kier molecular flexibility index (Phi) is 9.16. The third-order valence-corrected chi connectivity index (χ3v) is 8.71. The van der Waals surface area contributed by atoms with Crippen molar-refractivity contribution in [2.24, 2.45) is 0 Å². The van der Waals surface area contributed by atoms with Gasteiger partial charge in [-0.15, -0.1) is 11.3 Å². The summed E-state index contributed by atoms with van der Waals surface area (Å²) in [6.45, 7) is 3.92. The molecule has 0 atom stereocenters. The fourth-order valence-corrected chi connectivity index (χ4v) is 6.24. The molecule has 1 aliphatic carbocycles. The van der Waals surface area contributed by atoms with Gasteiger partial charge in [0.2, 0.25) is 5.91 Å². The standard InChI is InChI=1S/C27H32FN5O5S2/c1-4-30-40(36,37)32-25(34)24-18(2)39-23(31-24)17-33(14-6-8-19-7-5-9-20(28)15-19)26(35)27(12-13-27)22-11-10-21(38-3)16-29-22/h5,7,9-11,15-16,30H,4,6,8,12-14,17H2,1-3H3,(H,32,34). The smallest absolute Gasteiger partial charge is 0.301 e. The predicted molar refractivity (Wildman–Crippen MR) is 149 cm³/mol. The summed E-state index contributed by atoms with van der Waals surface area (Å²) in [5.74, 6) is -0.656. The number of halogens is 1. The molecule has 1 fully saturated rings. The maximum absolute atomic E-state index is 14.0. The number of amides is 2. The molecule has 214 valence electrons. The summed E-state index contributed by atoms with van der Waals surface area (Å²) in [6.07, 6.45) is 4.05. The fraction of sp³-hybridized carbons (Fsp3) is 0.407. The van der Waals surface area contributed by atoms with Gasteiger partial charge in [-0.1, -0.05) is 19.1 Å². The molecule has 10 nitrogen and oxygen atoms in total. The van der Waals surface area contributed by atoms with Crippen molar-refractivity contribution in [1.29, 1.82) is 0 Å². The first-order valence-corrected chi connectivity index (χ1v) is 15.2. The molecule has 3 aromatic rings. The molecule has 13 heteroatoms. The van der Waals surface area contributed by atoms with E-state index in [1.807, 2.05) is 10.8 Å². The van der Waals surface area contributed by atoms with E-state index in [0.29, 0.717) is 53.6 Å². The van der Waals surface area contributed by atoms with Gasteiger partial charge in [-0.25, -0.2) is 14.1 Å². The number of nitrogens with one attached hydrogen (secondary N) is 2. The number of carbonyl (C=O) groups excluding carboxylic acids is 2. The van der Waals surface area contributed by atoms with Crippen LogP contribution in [0.15, 0.2) is 42.6 Å². The van der Waals surface area contributed by atoms with Gasteiger partial charge in [0.25, 0.3) is 5.91 Å². The average molecular weight is 590 g/mol. The summed E-state index contributed by atoms with van der Waals surface area (Å²) < 4.78 is 47.0. The molecule has 0 radical (unpaired) electrons. The van der Waals surface area contributed by atoms with E-state index in [0.717, 1.165) is 5.56 Å². The summed E-state index contributed by atoms with van der Waals surface area (Å²) in [5, 5.41) is 0.501. The molecule has 4 rings (SSSR count). The second-order valence-corrected chi connectivity index (χ2v) is 12.4. The van der Waals surface area contributed by atoms with Gasteiger partial charge in [-0.3, -0.25) is 14.6 Å². The van der Waals surface area contributed by atoms with E-state index < -0.39 is 21.5 Å². The molecule has 0 spiro atoms. The first kappa shape index (κ1) is 29.6. The van der Waals surface area contributed by atoms with Crippen LogP contribution < -0.4 is 14.2 Å². The number of hydrogen-bond acceptors (Lipinski definition) is 8. The molecule has 2 N–H and O–H groups in total. The van der Waals surface area contributed by atoms with Crippen molar-refractivity contribution in [2.75, 3.05) is 20.2 Å². The lowest BCUT2D eigenvalue weighted by molar-refractivity contribution is -0.134. The number of aryl methyl sites for hydroxylation is 2. The van der Waals surface area contributed by atoms with E-state index in [2.05, 4.69) is 14.7 Å². The van der Waals surface area contributed by atoms with Crippen LogP contribution in [0.3, 0.4) is 0 Å². The van der Waals surface area contributed by atoms with Crippen molar-refractivity contribution in [3.63, 3.8) is 0 Å². The van der Waals surface area contributed by atoms with Crippen LogP contribution in [0.2, 0.25) is 0 Å². The third kappa shape index (κ3) is 7.01. The number of rotatable bonds is 13. The second kappa shape index (κ2) is 12.4. The van der Waals surface area contributed by atoms with Crippen molar-refractivity contribution in [3.8, 4) is 5.75 Å². The minimum Gasteiger partial charge on any atom is -0.495 e. The van der Waals surface area contributed by atoms with Crippen molar-refractivity contribution in [2.45, 2.75) is 51.5 Å². The maximum Gasteiger partial charge on any atom is 0.301 e. The summed E-state index contributed by atoms with van der Waals surface area (Å²) in [4.78, 5) is 37.7. The zero-order valence-electron chi connectivity index (χ0n) is 22.6. The summed E-state index contributed by atoms with van der Waals surface area (Å²) >= 11 is 1.23. The Morgan fingerprint density at radius 1 is 1.23 bits per heavy atom. The first-order valence-electron chi connectivity index (χ1n) is 12.9. The summed E-state index contributed by atoms with van der Waals surface area (Å²) in [5.41, 5.74) is 0.734. The van der Waals surface area contributed by atoms with E-state index in [1.165, 1.54) is 23.5 Å². The number of carbonyl (C=O) groups is 2. The molecule has 1 saturated carbocycles. The van der Waals surface area contributed by atoms with E-state index in [1.54, 1.807) is 50.3 Å². The van der Waals surface area contributed by atoms with Gasteiger partial charge in [0.05, 0.1) is 31.0 Å². The Labute approximate surface area is 237 Å². The quantitative estimate of drug-likeness (QED) is 0.313. The van der Waals surface area contributed by atoms with Gasteiger partial charge < -0.3 is 9.64 Å². The maximum atomic E-state index is 14.0. The Bertz CT molecular complexity index is 1470.